The number of hydrogen-bond acceptors (Lipinski definition) is 2. The van der Waals surface area contributed by atoms with Crippen LogP contribution in [0.15, 0.2) is 28.7 Å². The van der Waals surface area contributed by atoms with Crippen molar-refractivity contribution in [2.24, 2.45) is 0 Å². The molecule has 1 aromatic rings. The summed E-state index contributed by atoms with van der Waals surface area (Å²) in [7, 11) is 0. The molecule has 4 heteroatoms. The van der Waals surface area contributed by atoms with E-state index in [1.807, 2.05) is 24.3 Å². The first-order valence-corrected chi connectivity index (χ1v) is 7.28. The summed E-state index contributed by atoms with van der Waals surface area (Å²) in [6.07, 6.45) is 3.41. The van der Waals surface area contributed by atoms with Crippen LogP contribution < -0.4 is 5.32 Å². The Morgan fingerprint density at radius 2 is 2.19 bits per heavy atom. The van der Waals surface area contributed by atoms with Crippen molar-refractivity contribution in [3.63, 3.8) is 0 Å². The molecule has 16 heavy (non-hydrogen) atoms. The largest absolute Gasteiger partial charge is 0.324 e. The molecule has 0 bridgehead atoms. The fourth-order valence-electron chi connectivity index (χ4n) is 1.72. The third-order valence-electron chi connectivity index (χ3n) is 2.60. The second-order valence-electron chi connectivity index (χ2n) is 3.82. The van der Waals surface area contributed by atoms with Crippen molar-refractivity contribution in [1.82, 2.24) is 0 Å². The van der Waals surface area contributed by atoms with E-state index in [1.54, 1.807) is 11.8 Å². The van der Waals surface area contributed by atoms with Gasteiger partial charge in [-0.2, -0.15) is 0 Å². The van der Waals surface area contributed by atoms with Crippen molar-refractivity contribution in [2.75, 3.05) is 11.1 Å². The van der Waals surface area contributed by atoms with Crippen LogP contribution in [0, 0.1) is 0 Å². The second kappa shape index (κ2) is 5.73. The number of thioether (sulfide) groups is 1. The van der Waals surface area contributed by atoms with Gasteiger partial charge in [0.1, 0.15) is 0 Å². The van der Waals surface area contributed by atoms with E-state index in [-0.39, 0.29) is 11.2 Å². The summed E-state index contributed by atoms with van der Waals surface area (Å²) in [5.74, 6) is 1.24. The van der Waals surface area contributed by atoms with Crippen molar-refractivity contribution < 1.29 is 4.79 Å². The van der Waals surface area contributed by atoms with E-state index in [0.29, 0.717) is 0 Å². The molecular weight excluding hydrogens is 286 g/mol. The highest BCUT2D eigenvalue weighted by atomic mass is 79.9. The Kier molecular flexibility index (Phi) is 4.29. The van der Waals surface area contributed by atoms with Crippen LogP contribution in [-0.4, -0.2) is 16.9 Å². The highest BCUT2D eigenvalue weighted by Gasteiger charge is 2.21. The van der Waals surface area contributed by atoms with Gasteiger partial charge in [-0.3, -0.25) is 4.79 Å². The zero-order valence-electron chi connectivity index (χ0n) is 8.91. The monoisotopic (exact) mass is 299 g/mol. The number of anilines is 1. The van der Waals surface area contributed by atoms with E-state index in [9.17, 15) is 4.79 Å². The van der Waals surface area contributed by atoms with E-state index in [2.05, 4.69) is 21.2 Å². The maximum absolute atomic E-state index is 12.0. The topological polar surface area (TPSA) is 29.1 Å². The zero-order valence-corrected chi connectivity index (χ0v) is 11.3. The minimum atomic E-state index is 0.126. The highest BCUT2D eigenvalue weighted by Crippen LogP contribution is 2.27. The van der Waals surface area contributed by atoms with Crippen molar-refractivity contribution in [3.05, 3.63) is 28.7 Å². The van der Waals surface area contributed by atoms with Gasteiger partial charge < -0.3 is 5.32 Å². The van der Waals surface area contributed by atoms with Gasteiger partial charge in [0.2, 0.25) is 5.91 Å². The van der Waals surface area contributed by atoms with Crippen LogP contribution >= 0.6 is 27.7 Å². The first-order chi connectivity index (χ1) is 7.77. The normalized spacial score (nSPS) is 20.4. The SMILES string of the molecule is O=C(Nc1ccccc1Br)C1CCCCS1. The van der Waals surface area contributed by atoms with Gasteiger partial charge in [-0.15, -0.1) is 11.8 Å². The number of carbonyl (C=O) groups is 1. The lowest BCUT2D eigenvalue weighted by Gasteiger charge is -2.20. The van der Waals surface area contributed by atoms with E-state index < -0.39 is 0 Å². The van der Waals surface area contributed by atoms with Gasteiger partial charge in [0.15, 0.2) is 0 Å². The second-order valence-corrected chi connectivity index (χ2v) is 5.99. The van der Waals surface area contributed by atoms with Crippen LogP contribution in [0.2, 0.25) is 0 Å². The van der Waals surface area contributed by atoms with Crippen LogP contribution in [0.25, 0.3) is 0 Å². The summed E-state index contributed by atoms with van der Waals surface area (Å²) in [4.78, 5) is 12.0. The molecule has 0 spiro atoms. The van der Waals surface area contributed by atoms with Crippen molar-refractivity contribution >= 4 is 39.3 Å². The van der Waals surface area contributed by atoms with Crippen LogP contribution in [0.5, 0.6) is 0 Å². The first-order valence-electron chi connectivity index (χ1n) is 5.44. The first kappa shape index (κ1) is 12.0. The Labute approximate surface area is 108 Å². The maximum atomic E-state index is 12.0. The minimum absolute atomic E-state index is 0.126. The number of hydrogen-bond donors (Lipinski definition) is 1. The summed E-state index contributed by atoms with van der Waals surface area (Å²) in [6, 6.07) is 7.71. The highest BCUT2D eigenvalue weighted by molar-refractivity contribution is 9.10. The number of para-hydroxylation sites is 1. The lowest BCUT2D eigenvalue weighted by Crippen LogP contribution is -2.27. The van der Waals surface area contributed by atoms with E-state index in [4.69, 9.17) is 0 Å². The van der Waals surface area contributed by atoms with Crippen LogP contribution in [0.4, 0.5) is 5.69 Å². The molecule has 1 unspecified atom stereocenters. The molecule has 1 N–H and O–H groups in total. The average Bonchev–Trinajstić information content (AvgIpc) is 2.33. The molecule has 1 saturated heterocycles. The summed E-state index contributed by atoms with van der Waals surface area (Å²) in [5, 5.41) is 3.10. The minimum Gasteiger partial charge on any atom is -0.324 e. The molecule has 0 aromatic heterocycles. The third kappa shape index (κ3) is 3.01. The summed E-state index contributed by atoms with van der Waals surface area (Å²) in [5.41, 5.74) is 0.860. The standard InChI is InChI=1S/C12H14BrNOS/c13-9-5-1-2-6-10(9)14-12(15)11-7-3-4-8-16-11/h1-2,5-6,11H,3-4,7-8H2,(H,14,15). The van der Waals surface area contributed by atoms with Gasteiger partial charge in [0.25, 0.3) is 0 Å². The molecule has 2 nitrogen and oxygen atoms in total. The molecular formula is C12H14BrNOS. The van der Waals surface area contributed by atoms with Gasteiger partial charge in [0, 0.05) is 4.47 Å². The quantitative estimate of drug-likeness (QED) is 0.903. The van der Waals surface area contributed by atoms with Crippen LogP contribution in [0.3, 0.4) is 0 Å². The van der Waals surface area contributed by atoms with Crippen molar-refractivity contribution in [1.29, 1.82) is 0 Å². The van der Waals surface area contributed by atoms with Gasteiger partial charge >= 0.3 is 0 Å². The van der Waals surface area contributed by atoms with E-state index in [0.717, 1.165) is 22.3 Å². The molecule has 0 radical (unpaired) electrons. The number of rotatable bonds is 2. The molecule has 1 amide bonds. The number of nitrogens with one attached hydrogen (secondary N) is 1. The fraction of sp³-hybridized carbons (Fsp3) is 0.417. The molecule has 1 atom stereocenters. The summed E-state index contributed by atoms with van der Waals surface area (Å²) in [6.45, 7) is 0. The Hall–Kier alpha value is -0.480. The lowest BCUT2D eigenvalue weighted by molar-refractivity contribution is -0.115. The summed E-state index contributed by atoms with van der Waals surface area (Å²) >= 11 is 5.20. The Bertz CT molecular complexity index is 377. The number of benzene rings is 1. The zero-order chi connectivity index (χ0) is 11.4. The molecule has 0 saturated carbocycles. The number of halogens is 1. The lowest BCUT2D eigenvalue weighted by atomic mass is 10.2. The molecule has 1 aromatic carbocycles. The molecule has 1 aliphatic rings. The Morgan fingerprint density at radius 3 is 2.88 bits per heavy atom. The molecule has 86 valence electrons. The number of amides is 1. The predicted molar refractivity (Wildman–Crippen MR) is 72.9 cm³/mol. The van der Waals surface area contributed by atoms with Crippen LogP contribution in [0.1, 0.15) is 19.3 Å². The Morgan fingerprint density at radius 1 is 1.38 bits per heavy atom. The Balaban J connectivity index is 1.99. The van der Waals surface area contributed by atoms with E-state index >= 15 is 0 Å². The van der Waals surface area contributed by atoms with E-state index in [1.165, 1.54) is 12.8 Å². The fourth-order valence-corrected chi connectivity index (χ4v) is 3.31. The maximum Gasteiger partial charge on any atom is 0.237 e. The van der Waals surface area contributed by atoms with Crippen molar-refractivity contribution in [3.8, 4) is 0 Å². The molecule has 2 rings (SSSR count). The smallest absolute Gasteiger partial charge is 0.237 e. The summed E-state index contributed by atoms with van der Waals surface area (Å²) < 4.78 is 0.934. The van der Waals surface area contributed by atoms with Crippen molar-refractivity contribution in [2.45, 2.75) is 24.5 Å². The third-order valence-corrected chi connectivity index (χ3v) is 4.67. The number of carbonyl (C=O) groups excluding carboxylic acids is 1. The molecule has 1 fully saturated rings. The van der Waals surface area contributed by atoms with Gasteiger partial charge in [-0.05, 0) is 46.7 Å². The molecule has 1 aliphatic heterocycles. The van der Waals surface area contributed by atoms with Gasteiger partial charge in [0.05, 0.1) is 10.9 Å². The average molecular weight is 300 g/mol. The molecule has 1 heterocycles. The van der Waals surface area contributed by atoms with Gasteiger partial charge in [-0.25, -0.2) is 0 Å². The molecule has 0 aliphatic carbocycles. The van der Waals surface area contributed by atoms with Gasteiger partial charge in [-0.1, -0.05) is 18.6 Å². The predicted octanol–water partition coefficient (Wildman–Crippen LogP) is 3.67. The van der Waals surface area contributed by atoms with Crippen LogP contribution in [-0.2, 0) is 4.79 Å².